The van der Waals surface area contributed by atoms with E-state index < -0.39 is 72.6 Å². The highest BCUT2D eigenvalue weighted by atomic mass is 16.7. The number of methoxy groups -OCH3 is 1. The average molecular weight is 557 g/mol. The number of esters is 4. The van der Waals surface area contributed by atoms with Gasteiger partial charge < -0.3 is 38.5 Å². The highest BCUT2D eigenvalue weighted by molar-refractivity contribution is 5.86. The first-order valence-corrected chi connectivity index (χ1v) is 12.7. The topological polar surface area (TPSA) is 165 Å². The van der Waals surface area contributed by atoms with E-state index in [-0.39, 0.29) is 5.76 Å². The van der Waals surface area contributed by atoms with Gasteiger partial charge in [-0.1, -0.05) is 0 Å². The van der Waals surface area contributed by atoms with Gasteiger partial charge in [-0.15, -0.1) is 0 Å². The summed E-state index contributed by atoms with van der Waals surface area (Å²) < 4.78 is 38.5. The fourth-order valence-corrected chi connectivity index (χ4v) is 5.04. The SMILES string of the molecule is COC(=O)C1=C[C@H](N2CCC3(CC2)OCCO3)[C@@H](NC(C)=O)[C@H]([C@H](OC(C)=O)[C@@H](COC(C)=O)OC(C)=O)O1. The molecule has 1 spiro atoms. The highest BCUT2D eigenvalue weighted by Gasteiger charge is 2.51. The molecule has 0 bridgehead atoms. The Labute approximate surface area is 226 Å². The van der Waals surface area contributed by atoms with Crippen molar-refractivity contribution < 1.29 is 57.1 Å². The van der Waals surface area contributed by atoms with Crippen LogP contribution in [0.3, 0.4) is 0 Å². The van der Waals surface area contributed by atoms with Crippen LogP contribution in [0.1, 0.15) is 40.5 Å². The van der Waals surface area contributed by atoms with E-state index in [0.717, 1.165) is 20.8 Å². The molecule has 0 unspecified atom stereocenters. The molecule has 1 amide bonds. The molecular weight excluding hydrogens is 520 g/mol. The minimum Gasteiger partial charge on any atom is -0.477 e. The van der Waals surface area contributed by atoms with Crippen molar-refractivity contribution in [1.29, 1.82) is 0 Å². The molecule has 5 atom stereocenters. The molecule has 39 heavy (non-hydrogen) atoms. The second-order valence-electron chi connectivity index (χ2n) is 9.49. The van der Waals surface area contributed by atoms with Crippen LogP contribution in [-0.4, -0.2) is 111 Å². The van der Waals surface area contributed by atoms with Gasteiger partial charge in [-0.3, -0.25) is 24.1 Å². The predicted octanol–water partition coefficient (Wildman–Crippen LogP) is -0.419. The van der Waals surface area contributed by atoms with Crippen molar-refractivity contribution in [2.24, 2.45) is 0 Å². The van der Waals surface area contributed by atoms with Gasteiger partial charge >= 0.3 is 23.9 Å². The molecule has 1 N–H and O–H groups in total. The number of piperidine rings is 1. The molecule has 3 heterocycles. The number of nitrogens with one attached hydrogen (secondary N) is 1. The Morgan fingerprint density at radius 3 is 2.13 bits per heavy atom. The molecule has 3 aliphatic rings. The Morgan fingerprint density at radius 1 is 1.00 bits per heavy atom. The van der Waals surface area contributed by atoms with Gasteiger partial charge in [0.05, 0.1) is 32.4 Å². The molecular formula is C25H36N2O12. The largest absolute Gasteiger partial charge is 0.477 e. The van der Waals surface area contributed by atoms with Crippen molar-refractivity contribution in [1.82, 2.24) is 10.2 Å². The maximum atomic E-state index is 12.7. The summed E-state index contributed by atoms with van der Waals surface area (Å²) in [5.74, 6) is -4.25. The molecule has 0 radical (unpaired) electrons. The van der Waals surface area contributed by atoms with Crippen molar-refractivity contribution in [2.75, 3.05) is 40.0 Å². The molecule has 0 aliphatic carbocycles. The van der Waals surface area contributed by atoms with Gasteiger partial charge in [-0.05, 0) is 6.08 Å². The maximum absolute atomic E-state index is 12.7. The molecule has 2 fully saturated rings. The normalized spacial score (nSPS) is 25.9. The van der Waals surface area contributed by atoms with E-state index in [1.165, 1.54) is 20.1 Å². The quantitative estimate of drug-likeness (QED) is 0.288. The van der Waals surface area contributed by atoms with Crippen LogP contribution in [-0.2, 0) is 57.1 Å². The fraction of sp³-hybridized carbons (Fsp3) is 0.720. The highest BCUT2D eigenvalue weighted by Crippen LogP contribution is 2.35. The number of likely N-dealkylation sites (tertiary alicyclic amines) is 1. The van der Waals surface area contributed by atoms with E-state index in [1.807, 2.05) is 4.90 Å². The third kappa shape index (κ3) is 7.90. The Morgan fingerprint density at radius 2 is 1.62 bits per heavy atom. The molecule has 0 aromatic carbocycles. The second-order valence-corrected chi connectivity index (χ2v) is 9.49. The van der Waals surface area contributed by atoms with Gasteiger partial charge in [-0.25, -0.2) is 4.79 Å². The molecule has 14 nitrogen and oxygen atoms in total. The van der Waals surface area contributed by atoms with E-state index in [1.54, 1.807) is 0 Å². The first-order chi connectivity index (χ1) is 18.4. The number of amides is 1. The van der Waals surface area contributed by atoms with E-state index >= 15 is 0 Å². The third-order valence-electron chi connectivity index (χ3n) is 6.62. The Balaban J connectivity index is 2.02. The van der Waals surface area contributed by atoms with Gasteiger partial charge in [0.25, 0.3) is 0 Å². The monoisotopic (exact) mass is 556 g/mol. The predicted molar refractivity (Wildman–Crippen MR) is 130 cm³/mol. The minimum absolute atomic E-state index is 0.186. The first kappa shape index (κ1) is 30.3. The van der Waals surface area contributed by atoms with Crippen molar-refractivity contribution in [3.05, 3.63) is 11.8 Å². The fourth-order valence-electron chi connectivity index (χ4n) is 5.04. The average Bonchev–Trinajstić information content (AvgIpc) is 3.32. The molecule has 0 aromatic rings. The lowest BCUT2D eigenvalue weighted by atomic mass is 9.89. The van der Waals surface area contributed by atoms with Crippen LogP contribution >= 0.6 is 0 Å². The third-order valence-corrected chi connectivity index (χ3v) is 6.62. The summed E-state index contributed by atoms with van der Waals surface area (Å²) >= 11 is 0. The Hall–Kier alpha value is -3.23. The lowest BCUT2D eigenvalue weighted by Crippen LogP contribution is -2.65. The molecule has 14 heteroatoms. The van der Waals surface area contributed by atoms with E-state index in [9.17, 15) is 24.0 Å². The summed E-state index contributed by atoms with van der Waals surface area (Å²) in [6.07, 6.45) is -1.35. The number of hydrogen-bond donors (Lipinski definition) is 1. The Bertz CT molecular complexity index is 966. The van der Waals surface area contributed by atoms with Gasteiger partial charge in [0.15, 0.2) is 24.1 Å². The summed E-state index contributed by atoms with van der Waals surface area (Å²) in [6.45, 7) is 6.25. The van der Waals surface area contributed by atoms with Crippen LogP contribution in [0.25, 0.3) is 0 Å². The van der Waals surface area contributed by atoms with Crippen LogP contribution in [0.2, 0.25) is 0 Å². The zero-order chi connectivity index (χ0) is 28.7. The summed E-state index contributed by atoms with van der Waals surface area (Å²) in [7, 11) is 1.18. The molecule has 0 aromatic heterocycles. The number of carbonyl (C=O) groups excluding carboxylic acids is 5. The van der Waals surface area contributed by atoms with Gasteiger partial charge in [-0.2, -0.15) is 0 Å². The van der Waals surface area contributed by atoms with Gasteiger partial charge in [0, 0.05) is 53.6 Å². The van der Waals surface area contributed by atoms with E-state index in [4.69, 9.17) is 33.2 Å². The van der Waals surface area contributed by atoms with Crippen LogP contribution < -0.4 is 5.32 Å². The second kappa shape index (κ2) is 13.2. The molecule has 0 saturated carbocycles. The molecule has 3 rings (SSSR count). The first-order valence-electron chi connectivity index (χ1n) is 12.7. The smallest absolute Gasteiger partial charge is 0.373 e. The maximum Gasteiger partial charge on any atom is 0.373 e. The lowest BCUT2D eigenvalue weighted by Gasteiger charge is -2.47. The van der Waals surface area contributed by atoms with Crippen molar-refractivity contribution in [3.63, 3.8) is 0 Å². The van der Waals surface area contributed by atoms with Crippen molar-refractivity contribution in [3.8, 4) is 0 Å². The Kier molecular flexibility index (Phi) is 10.3. The lowest BCUT2D eigenvalue weighted by molar-refractivity contribution is -0.196. The summed E-state index contributed by atoms with van der Waals surface area (Å²) in [4.78, 5) is 62.7. The van der Waals surface area contributed by atoms with Crippen LogP contribution in [0.4, 0.5) is 0 Å². The zero-order valence-electron chi connectivity index (χ0n) is 22.8. The van der Waals surface area contributed by atoms with Gasteiger partial charge in [0.2, 0.25) is 11.7 Å². The molecule has 2 saturated heterocycles. The van der Waals surface area contributed by atoms with Gasteiger partial charge in [0.1, 0.15) is 6.61 Å². The number of rotatable bonds is 9. The minimum atomic E-state index is -1.39. The number of hydrogen-bond acceptors (Lipinski definition) is 13. The standard InChI is InChI=1S/C25H36N2O12/c1-14(28)26-21-18(27-8-6-25(7-9-27)35-10-11-36-25)12-19(24(32)33-5)39-23(21)22(38-17(4)31)20(37-16(3)30)13-34-15(2)29/h12,18,20-23H,6-11,13H2,1-5H3,(H,26,28)/t18-,20+,21+,22+,23+/m0/s1. The van der Waals surface area contributed by atoms with Crippen molar-refractivity contribution >= 4 is 29.8 Å². The van der Waals surface area contributed by atoms with Crippen LogP contribution in [0, 0.1) is 0 Å². The van der Waals surface area contributed by atoms with E-state index in [2.05, 4.69) is 5.32 Å². The van der Waals surface area contributed by atoms with E-state index in [0.29, 0.717) is 39.1 Å². The summed E-state index contributed by atoms with van der Waals surface area (Å²) in [6, 6.07) is -1.53. The summed E-state index contributed by atoms with van der Waals surface area (Å²) in [5.41, 5.74) is 0. The van der Waals surface area contributed by atoms with Crippen LogP contribution in [0.15, 0.2) is 11.8 Å². The van der Waals surface area contributed by atoms with Crippen molar-refractivity contribution in [2.45, 2.75) is 76.7 Å². The van der Waals surface area contributed by atoms with Crippen LogP contribution in [0.5, 0.6) is 0 Å². The number of carbonyl (C=O) groups is 5. The number of nitrogens with zero attached hydrogens (tertiary/aromatic N) is 1. The number of ether oxygens (including phenoxy) is 7. The zero-order valence-corrected chi connectivity index (χ0v) is 22.8. The molecule has 218 valence electrons. The summed E-state index contributed by atoms with van der Waals surface area (Å²) in [5, 5.41) is 2.84. The molecule has 3 aliphatic heterocycles.